The first kappa shape index (κ1) is 41.9. The number of hydrogen-bond donors (Lipinski definition) is 3. The van der Waals surface area contributed by atoms with Crippen LogP contribution in [0.3, 0.4) is 0 Å². The summed E-state index contributed by atoms with van der Waals surface area (Å²) in [6.45, 7) is 13.2. The monoisotopic (exact) mass is 572 g/mol. The van der Waals surface area contributed by atoms with Crippen molar-refractivity contribution in [1.82, 2.24) is 0 Å². The predicted octanol–water partition coefficient (Wildman–Crippen LogP) is 1.91. The molecule has 0 unspecified atom stereocenters. The van der Waals surface area contributed by atoms with E-state index in [1.165, 1.54) is 20.8 Å². The normalized spacial score (nSPS) is 10.7. The van der Waals surface area contributed by atoms with Gasteiger partial charge in [0.25, 0.3) is 0 Å². The average Bonchev–Trinajstić information content (AvgIpc) is 2.65. The molecule has 1 radical (unpaired) electrons. The summed E-state index contributed by atoms with van der Waals surface area (Å²) in [7, 11) is 0. The largest absolute Gasteiger partial charge is 3.00 e. The summed E-state index contributed by atoms with van der Waals surface area (Å²) in [4.78, 5) is 64.2. The smallest absolute Gasteiger partial charge is 0.646 e. The quantitative estimate of drug-likeness (QED) is 0.230. The number of amides is 3. The Hall–Kier alpha value is -2.18. The molecule has 215 valence electrons. The molecule has 0 aromatic rings. The molecular weight excluding hydrogens is 530 g/mol. The van der Waals surface area contributed by atoms with Crippen LogP contribution in [0.1, 0.15) is 81.6 Å². The summed E-state index contributed by atoms with van der Waals surface area (Å²) in [6.07, 6.45) is -0.531. The van der Waals surface area contributed by atoms with Gasteiger partial charge in [-0.25, -0.2) is 0 Å². The van der Waals surface area contributed by atoms with E-state index in [4.69, 9.17) is 15.3 Å². The maximum atomic E-state index is 10.9. The van der Waals surface area contributed by atoms with Gasteiger partial charge in [-0.05, 0) is 20.8 Å². The third kappa shape index (κ3) is 29.9. The predicted molar refractivity (Wildman–Crippen MR) is 134 cm³/mol. The molecule has 0 saturated heterocycles. The Labute approximate surface area is 230 Å². The van der Waals surface area contributed by atoms with Crippen LogP contribution in [0.4, 0.5) is 0 Å². The van der Waals surface area contributed by atoms with Gasteiger partial charge in [0.15, 0.2) is 0 Å². The van der Waals surface area contributed by atoms with Crippen LogP contribution in [0.2, 0.25) is 0 Å². The van der Waals surface area contributed by atoms with Gasteiger partial charge in [0.2, 0.25) is 0 Å². The van der Waals surface area contributed by atoms with Crippen molar-refractivity contribution in [3.8, 4) is 0 Å². The number of rotatable bonds is 12. The van der Waals surface area contributed by atoms with Crippen LogP contribution in [0.5, 0.6) is 0 Å². The van der Waals surface area contributed by atoms with E-state index in [1.54, 1.807) is 41.5 Å². The van der Waals surface area contributed by atoms with E-state index in [0.29, 0.717) is 0 Å². The Kier molecular flexibility index (Phi) is 22.5. The maximum Gasteiger partial charge on any atom is 3.00 e. The number of aliphatic hydroxyl groups is 3. The SMILES string of the molecule is CC(=O)CC(=O)[N-]C(C)(C)CO.CC(=O)CC(=O)[N-]C(C)(C)CO.CC(=O)CC(=O)[N-]C(C)(C)CO.[Fe+3]. The number of nitrogens with zero attached hydrogens (tertiary/aromatic N) is 3. The van der Waals surface area contributed by atoms with Gasteiger partial charge in [0.1, 0.15) is 17.3 Å². The minimum atomic E-state index is -0.771. The number of carbonyl (C=O) groups is 6. The molecule has 3 amide bonds. The van der Waals surface area contributed by atoms with Crippen LogP contribution in [0.25, 0.3) is 16.0 Å². The second kappa shape index (κ2) is 19.9. The average molecular weight is 572 g/mol. The van der Waals surface area contributed by atoms with Crippen molar-refractivity contribution in [3.05, 3.63) is 16.0 Å². The molecule has 37 heavy (non-hydrogen) atoms. The van der Waals surface area contributed by atoms with Crippen molar-refractivity contribution < 1.29 is 61.2 Å². The summed E-state index contributed by atoms with van der Waals surface area (Å²) in [6, 6.07) is 0. The van der Waals surface area contributed by atoms with E-state index in [9.17, 15) is 28.8 Å². The molecule has 0 aliphatic heterocycles. The van der Waals surface area contributed by atoms with Gasteiger partial charge >= 0.3 is 17.1 Å². The second-order valence-electron chi connectivity index (χ2n) is 10.1. The van der Waals surface area contributed by atoms with Gasteiger partial charge < -0.3 is 45.7 Å². The van der Waals surface area contributed by atoms with Gasteiger partial charge in [0, 0.05) is 39.1 Å². The standard InChI is InChI=1S/3C8H15NO3.Fe/c3*1-6(11)4-7(12)9-8(2,3)5-10;/h3*10H,4-5H2,1-3H3,(H,9,12);/q;;;+3/p-3. The fourth-order valence-corrected chi connectivity index (χ4v) is 1.88. The molecule has 0 spiro atoms. The Morgan fingerprint density at radius 2 is 0.649 bits per heavy atom. The fourth-order valence-electron chi connectivity index (χ4n) is 1.88. The first-order valence-corrected chi connectivity index (χ1v) is 11.2. The number of hydrogen-bond acceptors (Lipinski definition) is 9. The third-order valence-electron chi connectivity index (χ3n) is 3.64. The summed E-state index contributed by atoms with van der Waals surface area (Å²) in [5.41, 5.74) is -2.31. The molecule has 0 heterocycles. The zero-order chi connectivity index (χ0) is 29.3. The first-order valence-electron chi connectivity index (χ1n) is 11.2. The van der Waals surface area contributed by atoms with Crippen molar-refractivity contribution in [2.45, 2.75) is 98.2 Å². The molecule has 0 rings (SSSR count). The van der Waals surface area contributed by atoms with E-state index in [0.717, 1.165) is 0 Å². The Morgan fingerprint density at radius 1 is 0.486 bits per heavy atom. The molecule has 0 aliphatic carbocycles. The minimum Gasteiger partial charge on any atom is -0.646 e. The Morgan fingerprint density at radius 3 is 0.757 bits per heavy atom. The maximum absolute atomic E-state index is 10.9. The Balaban J connectivity index is -0.000000218. The van der Waals surface area contributed by atoms with Gasteiger partial charge in [-0.3, -0.25) is 14.4 Å². The first-order chi connectivity index (χ1) is 16.1. The summed E-state index contributed by atoms with van der Waals surface area (Å²) in [5.74, 6) is -2.04. The summed E-state index contributed by atoms with van der Waals surface area (Å²) >= 11 is 0. The molecular formula is C24H42FeN3O9. The van der Waals surface area contributed by atoms with Crippen molar-refractivity contribution in [2.24, 2.45) is 0 Å². The van der Waals surface area contributed by atoms with Crippen LogP contribution in [-0.4, -0.2) is 86.8 Å². The van der Waals surface area contributed by atoms with Crippen LogP contribution in [0, 0.1) is 0 Å². The van der Waals surface area contributed by atoms with Crippen LogP contribution in [-0.2, 0) is 45.8 Å². The van der Waals surface area contributed by atoms with Crippen molar-refractivity contribution in [3.63, 3.8) is 0 Å². The molecule has 12 nitrogen and oxygen atoms in total. The van der Waals surface area contributed by atoms with E-state index in [2.05, 4.69) is 16.0 Å². The van der Waals surface area contributed by atoms with Crippen LogP contribution < -0.4 is 0 Å². The number of aliphatic hydroxyl groups excluding tert-OH is 3. The van der Waals surface area contributed by atoms with E-state index >= 15 is 0 Å². The van der Waals surface area contributed by atoms with Gasteiger partial charge in [0.05, 0.1) is 17.7 Å². The molecule has 0 aliphatic rings. The van der Waals surface area contributed by atoms with Gasteiger partial charge in [-0.15, -0.1) is 0 Å². The molecule has 0 bridgehead atoms. The van der Waals surface area contributed by atoms with E-state index in [1.807, 2.05) is 0 Å². The third-order valence-corrected chi connectivity index (χ3v) is 3.64. The molecule has 0 atom stereocenters. The Bertz CT molecular complexity index is 667. The summed E-state index contributed by atoms with van der Waals surface area (Å²) < 4.78 is 0. The van der Waals surface area contributed by atoms with E-state index in [-0.39, 0.29) is 73.5 Å². The molecule has 0 fully saturated rings. The topological polar surface area (TPSA) is 205 Å². The van der Waals surface area contributed by atoms with Gasteiger partial charge in [-0.1, -0.05) is 58.2 Å². The number of ketones is 3. The number of Topliss-reactive ketones (excluding diaryl/α,β-unsaturated/α-hetero) is 3. The van der Waals surface area contributed by atoms with Gasteiger partial charge in [-0.2, -0.15) is 0 Å². The molecule has 0 saturated carbocycles. The molecule has 13 heteroatoms. The summed E-state index contributed by atoms with van der Waals surface area (Å²) in [5, 5.41) is 37.2. The van der Waals surface area contributed by atoms with E-state index < -0.39 is 34.3 Å². The van der Waals surface area contributed by atoms with Crippen LogP contribution in [0.15, 0.2) is 0 Å². The fraction of sp³-hybridized carbons (Fsp3) is 0.750. The van der Waals surface area contributed by atoms with Crippen LogP contribution >= 0.6 is 0 Å². The zero-order valence-electron chi connectivity index (χ0n) is 23.2. The second-order valence-corrected chi connectivity index (χ2v) is 10.1. The zero-order valence-corrected chi connectivity index (χ0v) is 24.3. The molecule has 0 aromatic heterocycles. The molecule has 3 N–H and O–H groups in total. The van der Waals surface area contributed by atoms with Crippen molar-refractivity contribution >= 4 is 35.1 Å². The minimum absolute atomic E-state index is 0. The molecule has 0 aromatic carbocycles. The number of carbonyl (C=O) groups excluding carboxylic acids is 6. The van der Waals surface area contributed by atoms with Crippen molar-refractivity contribution in [2.75, 3.05) is 19.8 Å². The van der Waals surface area contributed by atoms with Crippen molar-refractivity contribution in [1.29, 1.82) is 0 Å².